The Morgan fingerprint density at radius 2 is 1.89 bits per heavy atom. The summed E-state index contributed by atoms with van der Waals surface area (Å²) >= 11 is 0. The number of benzene rings is 2. The molecule has 2 atom stereocenters. The molecule has 1 fully saturated rings. The highest BCUT2D eigenvalue weighted by Crippen LogP contribution is 2.19. The Kier molecular flexibility index (Phi) is 6.33. The summed E-state index contributed by atoms with van der Waals surface area (Å²) in [5.74, 6) is 0.465. The van der Waals surface area contributed by atoms with Crippen molar-refractivity contribution in [3.63, 3.8) is 0 Å². The summed E-state index contributed by atoms with van der Waals surface area (Å²) in [6.07, 6.45) is 2.22. The molecule has 0 spiro atoms. The molecule has 1 amide bonds. The Morgan fingerprint density at radius 3 is 2.46 bits per heavy atom. The SMILES string of the molecule is C[C@@H](NC(=O)c1ccc(OC[C@@H]2CCCO2)cc1)c1ccc(S(N)(=O)=O)cc1. The van der Waals surface area contributed by atoms with Gasteiger partial charge in [0.25, 0.3) is 5.91 Å². The highest BCUT2D eigenvalue weighted by molar-refractivity contribution is 7.89. The third-order valence-corrected chi connectivity index (χ3v) is 5.56. The number of primary sulfonamides is 1. The molecule has 2 aromatic carbocycles. The molecule has 0 aromatic heterocycles. The second-order valence-electron chi connectivity index (χ2n) is 6.78. The number of sulfonamides is 1. The van der Waals surface area contributed by atoms with Crippen molar-refractivity contribution < 1.29 is 22.7 Å². The van der Waals surface area contributed by atoms with Crippen molar-refractivity contribution in [3.8, 4) is 5.75 Å². The zero-order chi connectivity index (χ0) is 20.1. The van der Waals surface area contributed by atoms with E-state index in [9.17, 15) is 13.2 Å². The molecule has 1 aliphatic heterocycles. The second kappa shape index (κ2) is 8.72. The average molecular weight is 404 g/mol. The van der Waals surface area contributed by atoms with Crippen molar-refractivity contribution in [1.29, 1.82) is 0 Å². The fraction of sp³-hybridized carbons (Fsp3) is 0.350. The van der Waals surface area contributed by atoms with Crippen molar-refractivity contribution in [2.24, 2.45) is 5.14 Å². The first kappa shape index (κ1) is 20.3. The Morgan fingerprint density at radius 1 is 1.21 bits per heavy atom. The van der Waals surface area contributed by atoms with Crippen LogP contribution in [0.25, 0.3) is 0 Å². The summed E-state index contributed by atoms with van der Waals surface area (Å²) in [5.41, 5.74) is 1.29. The fourth-order valence-electron chi connectivity index (χ4n) is 2.98. The fourth-order valence-corrected chi connectivity index (χ4v) is 3.49. The maximum absolute atomic E-state index is 12.4. The Balaban J connectivity index is 1.56. The number of amides is 1. The molecule has 1 saturated heterocycles. The number of rotatable bonds is 7. The van der Waals surface area contributed by atoms with E-state index in [1.54, 1.807) is 36.4 Å². The second-order valence-corrected chi connectivity index (χ2v) is 8.34. The van der Waals surface area contributed by atoms with Crippen LogP contribution in [0.15, 0.2) is 53.4 Å². The quantitative estimate of drug-likeness (QED) is 0.737. The molecule has 1 heterocycles. The third kappa shape index (κ3) is 5.31. The van der Waals surface area contributed by atoms with Crippen LogP contribution in [0.1, 0.15) is 41.7 Å². The molecule has 1 aliphatic rings. The molecule has 7 nitrogen and oxygen atoms in total. The molecule has 0 bridgehead atoms. The number of hydrogen-bond acceptors (Lipinski definition) is 5. The molecule has 3 N–H and O–H groups in total. The minimum Gasteiger partial charge on any atom is -0.491 e. The van der Waals surface area contributed by atoms with Crippen LogP contribution in [-0.2, 0) is 14.8 Å². The first-order chi connectivity index (χ1) is 13.3. The van der Waals surface area contributed by atoms with Crippen LogP contribution < -0.4 is 15.2 Å². The zero-order valence-electron chi connectivity index (χ0n) is 15.6. The monoisotopic (exact) mass is 404 g/mol. The summed E-state index contributed by atoms with van der Waals surface area (Å²) in [4.78, 5) is 12.5. The van der Waals surface area contributed by atoms with Crippen LogP contribution in [0.2, 0.25) is 0 Å². The predicted octanol–water partition coefficient (Wildman–Crippen LogP) is 2.38. The van der Waals surface area contributed by atoms with Gasteiger partial charge < -0.3 is 14.8 Å². The van der Waals surface area contributed by atoms with E-state index in [1.165, 1.54) is 12.1 Å². The maximum atomic E-state index is 12.4. The van der Waals surface area contributed by atoms with Crippen molar-refractivity contribution in [1.82, 2.24) is 5.32 Å². The van der Waals surface area contributed by atoms with Crippen molar-refractivity contribution in [2.45, 2.75) is 36.8 Å². The van der Waals surface area contributed by atoms with Crippen LogP contribution in [0.5, 0.6) is 5.75 Å². The molecular weight excluding hydrogens is 380 g/mol. The molecule has 150 valence electrons. The van der Waals surface area contributed by atoms with Gasteiger partial charge in [0.15, 0.2) is 0 Å². The highest BCUT2D eigenvalue weighted by Gasteiger charge is 2.16. The molecule has 3 rings (SSSR count). The van der Waals surface area contributed by atoms with Crippen molar-refractivity contribution >= 4 is 15.9 Å². The lowest BCUT2D eigenvalue weighted by atomic mass is 10.1. The van der Waals surface area contributed by atoms with Gasteiger partial charge in [-0.1, -0.05) is 12.1 Å². The van der Waals surface area contributed by atoms with E-state index in [0.29, 0.717) is 17.9 Å². The van der Waals surface area contributed by atoms with Crippen LogP contribution in [0, 0.1) is 0 Å². The molecule has 28 heavy (non-hydrogen) atoms. The van der Waals surface area contributed by atoms with Gasteiger partial charge in [0.05, 0.1) is 17.0 Å². The average Bonchev–Trinajstić information content (AvgIpc) is 3.20. The number of carbonyl (C=O) groups is 1. The largest absolute Gasteiger partial charge is 0.491 e. The Hall–Kier alpha value is -2.42. The number of nitrogens with one attached hydrogen (secondary N) is 1. The number of hydrogen-bond donors (Lipinski definition) is 2. The minimum absolute atomic E-state index is 0.0355. The van der Waals surface area contributed by atoms with Crippen LogP contribution >= 0.6 is 0 Å². The van der Waals surface area contributed by atoms with Gasteiger partial charge in [0, 0.05) is 12.2 Å². The molecule has 2 aromatic rings. The van der Waals surface area contributed by atoms with Crippen molar-refractivity contribution in [3.05, 3.63) is 59.7 Å². The molecule has 0 unspecified atom stereocenters. The van der Waals surface area contributed by atoms with E-state index in [4.69, 9.17) is 14.6 Å². The van der Waals surface area contributed by atoms with Crippen LogP contribution in [0.3, 0.4) is 0 Å². The molecule has 8 heteroatoms. The molecule has 0 radical (unpaired) electrons. The lowest BCUT2D eigenvalue weighted by molar-refractivity contribution is 0.0679. The van der Waals surface area contributed by atoms with E-state index < -0.39 is 10.0 Å². The van der Waals surface area contributed by atoms with Gasteiger partial charge in [-0.2, -0.15) is 0 Å². The standard InChI is InChI=1S/C20H24N2O5S/c1-14(15-6-10-19(11-7-15)28(21,24)25)22-20(23)16-4-8-17(9-5-16)27-13-18-3-2-12-26-18/h4-11,14,18H,2-3,12-13H2,1H3,(H,22,23)(H2,21,24,25)/t14-,18+/m1/s1. The van der Waals surface area contributed by atoms with Crippen LogP contribution in [-0.4, -0.2) is 33.6 Å². The van der Waals surface area contributed by atoms with E-state index in [0.717, 1.165) is 25.0 Å². The highest BCUT2D eigenvalue weighted by atomic mass is 32.2. The van der Waals surface area contributed by atoms with E-state index in [1.807, 2.05) is 6.92 Å². The number of nitrogens with two attached hydrogens (primary N) is 1. The first-order valence-corrected chi connectivity index (χ1v) is 10.7. The lowest BCUT2D eigenvalue weighted by Gasteiger charge is -2.15. The molecular formula is C20H24N2O5S. The zero-order valence-corrected chi connectivity index (χ0v) is 16.4. The van der Waals surface area contributed by atoms with Crippen molar-refractivity contribution in [2.75, 3.05) is 13.2 Å². The molecule has 0 aliphatic carbocycles. The summed E-state index contributed by atoms with van der Waals surface area (Å²) in [6, 6.07) is 12.7. The van der Waals surface area contributed by atoms with E-state index in [-0.39, 0.29) is 22.9 Å². The van der Waals surface area contributed by atoms with Gasteiger partial charge in [0.1, 0.15) is 12.4 Å². The topological polar surface area (TPSA) is 108 Å². The Labute approximate surface area is 164 Å². The summed E-state index contributed by atoms with van der Waals surface area (Å²) in [7, 11) is -3.73. The smallest absolute Gasteiger partial charge is 0.251 e. The number of carbonyl (C=O) groups excluding carboxylic acids is 1. The summed E-state index contributed by atoms with van der Waals surface area (Å²) in [6.45, 7) is 3.12. The number of ether oxygens (including phenoxy) is 2. The normalized spacial score (nSPS) is 17.9. The van der Waals surface area contributed by atoms with Gasteiger partial charge in [-0.15, -0.1) is 0 Å². The summed E-state index contributed by atoms with van der Waals surface area (Å²) < 4.78 is 33.8. The van der Waals surface area contributed by atoms with Gasteiger partial charge >= 0.3 is 0 Å². The van der Waals surface area contributed by atoms with Gasteiger partial charge in [-0.3, -0.25) is 4.79 Å². The third-order valence-electron chi connectivity index (χ3n) is 4.63. The molecule has 0 saturated carbocycles. The van der Waals surface area contributed by atoms with E-state index in [2.05, 4.69) is 5.32 Å². The summed E-state index contributed by atoms with van der Waals surface area (Å²) in [5, 5.41) is 7.98. The van der Waals surface area contributed by atoms with E-state index >= 15 is 0 Å². The van der Waals surface area contributed by atoms with Gasteiger partial charge in [-0.25, -0.2) is 13.6 Å². The first-order valence-electron chi connectivity index (χ1n) is 9.11. The predicted molar refractivity (Wildman–Crippen MR) is 105 cm³/mol. The maximum Gasteiger partial charge on any atom is 0.251 e. The Bertz CT molecular complexity index is 905. The minimum atomic E-state index is -3.73. The van der Waals surface area contributed by atoms with Gasteiger partial charge in [-0.05, 0) is 61.7 Å². The lowest BCUT2D eigenvalue weighted by Crippen LogP contribution is -2.26. The van der Waals surface area contributed by atoms with Gasteiger partial charge in [0.2, 0.25) is 10.0 Å². The van der Waals surface area contributed by atoms with Crippen LogP contribution in [0.4, 0.5) is 0 Å².